The smallest absolute Gasteiger partial charge is 0.303 e. The maximum Gasteiger partial charge on any atom is 0.303 e. The second kappa shape index (κ2) is 7.27. The number of likely N-dealkylation sites (tertiary alicyclic amines) is 1. The number of nitrogens with one attached hydrogen (secondary N) is 1. The Balaban J connectivity index is 2.09. The van der Waals surface area contributed by atoms with E-state index in [4.69, 9.17) is 5.11 Å². The molecule has 1 unspecified atom stereocenters. The van der Waals surface area contributed by atoms with Gasteiger partial charge in [-0.05, 0) is 38.3 Å². The Morgan fingerprint density at radius 2 is 2.18 bits per heavy atom. The third-order valence-corrected chi connectivity index (χ3v) is 3.29. The Hall–Kier alpha value is -1.10. The summed E-state index contributed by atoms with van der Waals surface area (Å²) in [6.45, 7) is 2.97. The van der Waals surface area contributed by atoms with Crippen molar-refractivity contribution in [1.29, 1.82) is 0 Å². The largest absolute Gasteiger partial charge is 0.481 e. The lowest BCUT2D eigenvalue weighted by molar-refractivity contribution is -0.137. The highest BCUT2D eigenvalue weighted by Gasteiger charge is 2.22. The molecule has 17 heavy (non-hydrogen) atoms. The molecule has 1 rings (SSSR count). The van der Waals surface area contributed by atoms with Crippen molar-refractivity contribution >= 4 is 11.9 Å². The lowest BCUT2D eigenvalue weighted by atomic mass is 10.0. The van der Waals surface area contributed by atoms with Crippen molar-refractivity contribution in [3.8, 4) is 0 Å². The van der Waals surface area contributed by atoms with Gasteiger partial charge in [0, 0.05) is 26.4 Å². The zero-order valence-corrected chi connectivity index (χ0v) is 10.4. The minimum atomic E-state index is -0.705. The van der Waals surface area contributed by atoms with Gasteiger partial charge in [-0.3, -0.25) is 9.59 Å². The highest BCUT2D eigenvalue weighted by molar-refractivity contribution is 5.75. The summed E-state index contributed by atoms with van der Waals surface area (Å²) in [5, 5.41) is 11.2. The number of carbonyl (C=O) groups is 2. The first kappa shape index (κ1) is 14.0. The zero-order chi connectivity index (χ0) is 12.7. The van der Waals surface area contributed by atoms with E-state index >= 15 is 0 Å². The Labute approximate surface area is 102 Å². The number of nitrogens with zero attached hydrogens (tertiary/aromatic N) is 1. The molecule has 0 spiro atoms. The SMILES string of the molecule is CNC(=O)CCCN1CCC(CCC(=O)O)C1. The van der Waals surface area contributed by atoms with Gasteiger partial charge in [-0.2, -0.15) is 0 Å². The standard InChI is InChI=1S/C12H22N2O3/c1-13-11(15)3-2-7-14-8-6-10(9-14)4-5-12(16)17/h10H,2-9H2,1H3,(H,13,15)(H,16,17). The van der Waals surface area contributed by atoms with Crippen molar-refractivity contribution in [2.75, 3.05) is 26.7 Å². The first-order valence-electron chi connectivity index (χ1n) is 6.26. The molecule has 1 atom stereocenters. The van der Waals surface area contributed by atoms with Gasteiger partial charge in [0.1, 0.15) is 0 Å². The van der Waals surface area contributed by atoms with Crippen molar-refractivity contribution in [2.24, 2.45) is 5.92 Å². The second-order valence-electron chi connectivity index (χ2n) is 4.66. The van der Waals surface area contributed by atoms with Gasteiger partial charge < -0.3 is 15.3 Å². The van der Waals surface area contributed by atoms with Crippen LogP contribution in [0.25, 0.3) is 0 Å². The fourth-order valence-electron chi connectivity index (χ4n) is 2.27. The molecule has 1 aliphatic rings. The van der Waals surface area contributed by atoms with E-state index in [2.05, 4.69) is 10.2 Å². The fraction of sp³-hybridized carbons (Fsp3) is 0.833. The van der Waals surface area contributed by atoms with Gasteiger partial charge >= 0.3 is 5.97 Å². The number of hydrogen-bond acceptors (Lipinski definition) is 3. The van der Waals surface area contributed by atoms with Crippen LogP contribution in [0.4, 0.5) is 0 Å². The first-order chi connectivity index (χ1) is 8.11. The summed E-state index contributed by atoms with van der Waals surface area (Å²) in [6.07, 6.45) is 3.60. The topological polar surface area (TPSA) is 69.6 Å². The summed E-state index contributed by atoms with van der Waals surface area (Å²) >= 11 is 0. The quantitative estimate of drug-likeness (QED) is 0.689. The Bertz CT molecular complexity index is 268. The molecular formula is C12H22N2O3. The zero-order valence-electron chi connectivity index (χ0n) is 10.4. The summed E-state index contributed by atoms with van der Waals surface area (Å²) < 4.78 is 0. The van der Waals surface area contributed by atoms with Crippen LogP contribution in [0.2, 0.25) is 0 Å². The Kier molecular flexibility index (Phi) is 5.97. The number of amides is 1. The maximum atomic E-state index is 11.0. The van der Waals surface area contributed by atoms with E-state index in [1.54, 1.807) is 7.05 Å². The summed E-state index contributed by atoms with van der Waals surface area (Å²) in [6, 6.07) is 0. The van der Waals surface area contributed by atoms with Gasteiger partial charge in [0.25, 0.3) is 0 Å². The minimum Gasteiger partial charge on any atom is -0.481 e. The molecule has 0 aromatic carbocycles. The van der Waals surface area contributed by atoms with E-state index in [-0.39, 0.29) is 12.3 Å². The van der Waals surface area contributed by atoms with E-state index in [1.807, 2.05) is 0 Å². The van der Waals surface area contributed by atoms with Crippen LogP contribution in [0.3, 0.4) is 0 Å². The Morgan fingerprint density at radius 1 is 1.41 bits per heavy atom. The van der Waals surface area contributed by atoms with Crippen LogP contribution in [0.5, 0.6) is 0 Å². The van der Waals surface area contributed by atoms with Crippen LogP contribution in [0, 0.1) is 5.92 Å². The number of rotatable bonds is 7. The maximum absolute atomic E-state index is 11.0. The van der Waals surface area contributed by atoms with Gasteiger partial charge in [0.05, 0.1) is 0 Å². The van der Waals surface area contributed by atoms with Gasteiger partial charge in [0.2, 0.25) is 5.91 Å². The lowest BCUT2D eigenvalue weighted by Crippen LogP contribution is -2.24. The van der Waals surface area contributed by atoms with Crippen LogP contribution in [-0.4, -0.2) is 48.6 Å². The third-order valence-electron chi connectivity index (χ3n) is 3.29. The van der Waals surface area contributed by atoms with Crippen LogP contribution in [0.15, 0.2) is 0 Å². The molecular weight excluding hydrogens is 220 g/mol. The molecule has 0 saturated carbocycles. The van der Waals surface area contributed by atoms with Crippen molar-refractivity contribution < 1.29 is 14.7 Å². The minimum absolute atomic E-state index is 0.0895. The fourth-order valence-corrected chi connectivity index (χ4v) is 2.27. The molecule has 5 nitrogen and oxygen atoms in total. The van der Waals surface area contributed by atoms with Crippen LogP contribution in [-0.2, 0) is 9.59 Å². The van der Waals surface area contributed by atoms with E-state index in [0.717, 1.165) is 38.9 Å². The number of hydrogen-bond donors (Lipinski definition) is 2. The predicted molar refractivity (Wildman–Crippen MR) is 64.7 cm³/mol. The molecule has 0 aliphatic carbocycles. The molecule has 5 heteroatoms. The average Bonchev–Trinajstić information content (AvgIpc) is 2.74. The number of carboxylic acid groups (broad SMARTS) is 1. The average molecular weight is 242 g/mol. The molecule has 0 radical (unpaired) electrons. The summed E-state index contributed by atoms with van der Waals surface area (Å²) in [5.41, 5.74) is 0. The van der Waals surface area contributed by atoms with Crippen LogP contribution >= 0.6 is 0 Å². The third kappa shape index (κ3) is 5.68. The Morgan fingerprint density at radius 3 is 2.82 bits per heavy atom. The molecule has 1 aliphatic heterocycles. The van der Waals surface area contributed by atoms with Crippen LogP contribution < -0.4 is 5.32 Å². The number of carboxylic acids is 1. The lowest BCUT2D eigenvalue weighted by Gasteiger charge is -2.15. The predicted octanol–water partition coefficient (Wildman–Crippen LogP) is 0.699. The normalized spacial score (nSPS) is 20.4. The van der Waals surface area contributed by atoms with Gasteiger partial charge in [-0.1, -0.05) is 0 Å². The van der Waals surface area contributed by atoms with Gasteiger partial charge in [-0.25, -0.2) is 0 Å². The summed E-state index contributed by atoms with van der Waals surface area (Å²) in [5.74, 6) is -0.0965. The molecule has 1 fully saturated rings. The van der Waals surface area contributed by atoms with E-state index in [9.17, 15) is 9.59 Å². The van der Waals surface area contributed by atoms with Crippen molar-refractivity contribution in [3.05, 3.63) is 0 Å². The molecule has 2 N–H and O–H groups in total. The second-order valence-corrected chi connectivity index (χ2v) is 4.66. The highest BCUT2D eigenvalue weighted by Crippen LogP contribution is 2.21. The molecule has 0 bridgehead atoms. The monoisotopic (exact) mass is 242 g/mol. The van der Waals surface area contributed by atoms with Crippen molar-refractivity contribution in [3.63, 3.8) is 0 Å². The van der Waals surface area contributed by atoms with Gasteiger partial charge in [-0.15, -0.1) is 0 Å². The number of aliphatic carboxylic acids is 1. The highest BCUT2D eigenvalue weighted by atomic mass is 16.4. The molecule has 1 amide bonds. The molecule has 0 aromatic rings. The molecule has 98 valence electrons. The van der Waals surface area contributed by atoms with E-state index < -0.39 is 5.97 Å². The van der Waals surface area contributed by atoms with E-state index in [1.165, 1.54) is 0 Å². The molecule has 0 aromatic heterocycles. The number of carbonyl (C=O) groups excluding carboxylic acids is 1. The van der Waals surface area contributed by atoms with Crippen molar-refractivity contribution in [2.45, 2.75) is 32.1 Å². The van der Waals surface area contributed by atoms with E-state index in [0.29, 0.717) is 12.3 Å². The van der Waals surface area contributed by atoms with Gasteiger partial charge in [0.15, 0.2) is 0 Å². The summed E-state index contributed by atoms with van der Waals surface area (Å²) in [4.78, 5) is 23.8. The molecule has 1 saturated heterocycles. The van der Waals surface area contributed by atoms with Crippen LogP contribution in [0.1, 0.15) is 32.1 Å². The molecule has 1 heterocycles. The van der Waals surface area contributed by atoms with Crippen molar-refractivity contribution in [1.82, 2.24) is 10.2 Å². The summed E-state index contributed by atoms with van der Waals surface area (Å²) in [7, 11) is 1.65. The first-order valence-corrected chi connectivity index (χ1v) is 6.26.